The molecule has 0 radical (unpaired) electrons. The molecule has 0 aliphatic carbocycles. The molecule has 2 aliphatic heterocycles. The van der Waals surface area contributed by atoms with E-state index in [1.54, 1.807) is 41.6 Å². The van der Waals surface area contributed by atoms with E-state index in [0.717, 1.165) is 0 Å². The summed E-state index contributed by atoms with van der Waals surface area (Å²) in [7, 11) is 1.95. The van der Waals surface area contributed by atoms with Gasteiger partial charge in [0.05, 0.1) is 5.56 Å². The molecule has 4 rings (SSSR count). The van der Waals surface area contributed by atoms with Crippen molar-refractivity contribution >= 4 is 17.6 Å². The van der Waals surface area contributed by atoms with Crippen molar-refractivity contribution in [2.24, 2.45) is 0 Å². The fraction of sp³-hybridized carbons (Fsp3) is 0.333. The first kappa shape index (κ1) is 15.6. The number of nitrogens with one attached hydrogen (secondary N) is 1. The van der Waals surface area contributed by atoms with E-state index in [1.807, 2.05) is 18.0 Å². The molecule has 0 saturated carbocycles. The van der Waals surface area contributed by atoms with Crippen LogP contribution in [0.15, 0.2) is 42.7 Å². The molecule has 25 heavy (non-hydrogen) atoms. The molecular formula is C18H19N5O2. The Bertz CT molecular complexity index is 815. The zero-order chi connectivity index (χ0) is 17.4. The van der Waals surface area contributed by atoms with Gasteiger partial charge in [-0.15, -0.1) is 0 Å². The minimum atomic E-state index is -0.501. The summed E-state index contributed by atoms with van der Waals surface area (Å²) in [5.41, 5.74) is 0.536. The van der Waals surface area contributed by atoms with Crippen molar-refractivity contribution in [3.05, 3.63) is 54.0 Å². The number of piperidine rings is 1. The number of carbonyl (C=O) groups excluding carboxylic acids is 2. The van der Waals surface area contributed by atoms with Gasteiger partial charge in [0.1, 0.15) is 17.2 Å². The van der Waals surface area contributed by atoms with Crippen LogP contribution in [0, 0.1) is 0 Å². The lowest BCUT2D eigenvalue weighted by atomic mass is 9.91. The Morgan fingerprint density at radius 2 is 1.88 bits per heavy atom. The second-order valence-electron chi connectivity index (χ2n) is 6.43. The fourth-order valence-corrected chi connectivity index (χ4v) is 3.60. The van der Waals surface area contributed by atoms with Gasteiger partial charge in [0.25, 0.3) is 11.8 Å². The molecule has 2 amide bonds. The van der Waals surface area contributed by atoms with Crippen molar-refractivity contribution in [1.82, 2.24) is 20.2 Å². The van der Waals surface area contributed by atoms with Crippen LogP contribution < -0.4 is 10.2 Å². The normalized spacial score (nSPS) is 18.7. The van der Waals surface area contributed by atoms with Crippen LogP contribution >= 0.6 is 0 Å². The summed E-state index contributed by atoms with van der Waals surface area (Å²) in [4.78, 5) is 37.4. The van der Waals surface area contributed by atoms with E-state index in [1.165, 1.54) is 0 Å². The van der Waals surface area contributed by atoms with E-state index in [4.69, 9.17) is 0 Å². The average molecular weight is 337 g/mol. The molecule has 7 heteroatoms. The second kappa shape index (κ2) is 5.84. The fourth-order valence-electron chi connectivity index (χ4n) is 3.60. The maximum absolute atomic E-state index is 12.6. The maximum Gasteiger partial charge on any atom is 0.272 e. The molecule has 7 nitrogen and oxygen atoms in total. The van der Waals surface area contributed by atoms with E-state index in [-0.39, 0.29) is 11.8 Å². The number of hydrogen-bond donors (Lipinski definition) is 1. The number of pyridine rings is 2. The van der Waals surface area contributed by atoms with Crippen LogP contribution in [0.5, 0.6) is 0 Å². The summed E-state index contributed by atoms with van der Waals surface area (Å²) in [5.74, 6) is 0.514. The van der Waals surface area contributed by atoms with Crippen molar-refractivity contribution in [3.63, 3.8) is 0 Å². The minimum absolute atomic E-state index is 0.0706. The highest BCUT2D eigenvalue weighted by atomic mass is 16.2. The molecule has 2 aliphatic rings. The van der Waals surface area contributed by atoms with Crippen molar-refractivity contribution in [3.8, 4) is 0 Å². The van der Waals surface area contributed by atoms with Gasteiger partial charge in [0.2, 0.25) is 0 Å². The van der Waals surface area contributed by atoms with Gasteiger partial charge in [-0.25, -0.2) is 4.98 Å². The van der Waals surface area contributed by atoms with Gasteiger partial charge >= 0.3 is 0 Å². The Kier molecular flexibility index (Phi) is 3.63. The first-order valence-electron chi connectivity index (χ1n) is 8.32. The number of fused-ring (bicyclic) bond motifs is 1. The molecule has 1 N–H and O–H groups in total. The molecule has 2 aromatic heterocycles. The summed E-state index contributed by atoms with van der Waals surface area (Å²) in [6, 6.07) is 8.86. The summed E-state index contributed by atoms with van der Waals surface area (Å²) >= 11 is 0. The summed E-state index contributed by atoms with van der Waals surface area (Å²) in [5, 5.41) is 3.13. The summed E-state index contributed by atoms with van der Waals surface area (Å²) in [6.07, 6.45) is 4.60. The lowest BCUT2D eigenvalue weighted by Gasteiger charge is -2.50. The van der Waals surface area contributed by atoms with Crippen LogP contribution in [0.3, 0.4) is 0 Å². The summed E-state index contributed by atoms with van der Waals surface area (Å²) in [6.45, 7) is 1.12. The van der Waals surface area contributed by atoms with Crippen molar-refractivity contribution < 1.29 is 9.59 Å². The van der Waals surface area contributed by atoms with Crippen LogP contribution in [0.2, 0.25) is 0 Å². The highest BCUT2D eigenvalue weighted by Gasteiger charge is 2.45. The third kappa shape index (κ3) is 2.52. The Morgan fingerprint density at radius 3 is 2.60 bits per heavy atom. The Morgan fingerprint density at radius 1 is 1.12 bits per heavy atom. The van der Waals surface area contributed by atoms with Gasteiger partial charge in [0.15, 0.2) is 0 Å². The zero-order valence-electron chi connectivity index (χ0n) is 14.0. The number of aromatic nitrogens is 2. The van der Waals surface area contributed by atoms with E-state index in [0.29, 0.717) is 43.0 Å². The van der Waals surface area contributed by atoms with Gasteiger partial charge in [-0.2, -0.15) is 0 Å². The number of anilines is 1. The van der Waals surface area contributed by atoms with Crippen LogP contribution in [0.4, 0.5) is 5.82 Å². The predicted octanol–water partition coefficient (Wildman–Crippen LogP) is 1.29. The molecule has 1 spiro atoms. The van der Waals surface area contributed by atoms with Gasteiger partial charge in [-0.1, -0.05) is 6.07 Å². The largest absolute Gasteiger partial charge is 0.337 e. The first-order chi connectivity index (χ1) is 12.1. The Labute approximate surface area is 145 Å². The smallest absolute Gasteiger partial charge is 0.272 e. The number of carbonyl (C=O) groups is 2. The number of hydrogen-bond acceptors (Lipinski definition) is 5. The molecule has 128 valence electrons. The van der Waals surface area contributed by atoms with Crippen molar-refractivity contribution in [2.75, 3.05) is 25.0 Å². The van der Waals surface area contributed by atoms with Crippen molar-refractivity contribution in [1.29, 1.82) is 0 Å². The third-order valence-electron chi connectivity index (χ3n) is 5.10. The molecule has 2 aromatic rings. The number of nitrogens with zero attached hydrogens (tertiary/aromatic N) is 4. The van der Waals surface area contributed by atoms with Gasteiger partial charge in [-0.05, 0) is 24.3 Å². The second-order valence-corrected chi connectivity index (χ2v) is 6.43. The topological polar surface area (TPSA) is 78.4 Å². The van der Waals surface area contributed by atoms with Crippen molar-refractivity contribution in [2.45, 2.75) is 18.5 Å². The molecular weight excluding hydrogens is 318 g/mol. The summed E-state index contributed by atoms with van der Waals surface area (Å²) < 4.78 is 0. The number of likely N-dealkylation sites (tertiary alicyclic amines) is 1. The van der Waals surface area contributed by atoms with E-state index in [2.05, 4.69) is 15.3 Å². The van der Waals surface area contributed by atoms with Crippen LogP contribution in [0.1, 0.15) is 33.7 Å². The quantitative estimate of drug-likeness (QED) is 0.848. The molecule has 4 heterocycles. The highest BCUT2D eigenvalue weighted by Crippen LogP contribution is 2.34. The monoisotopic (exact) mass is 337 g/mol. The molecule has 0 aromatic carbocycles. The zero-order valence-corrected chi connectivity index (χ0v) is 14.0. The lowest BCUT2D eigenvalue weighted by molar-refractivity contribution is 0.0603. The lowest BCUT2D eigenvalue weighted by Crippen LogP contribution is -2.67. The molecule has 0 atom stereocenters. The maximum atomic E-state index is 12.6. The van der Waals surface area contributed by atoms with E-state index >= 15 is 0 Å². The predicted molar refractivity (Wildman–Crippen MR) is 92.2 cm³/mol. The third-order valence-corrected chi connectivity index (χ3v) is 5.10. The van der Waals surface area contributed by atoms with Gasteiger partial charge < -0.3 is 15.1 Å². The first-order valence-corrected chi connectivity index (χ1v) is 8.32. The Hall–Kier alpha value is -2.96. The molecule has 0 unspecified atom stereocenters. The SMILES string of the molecule is CN1c2ncccc2C(=O)NC12CCN(C(=O)c1ccccn1)CC2. The number of rotatable bonds is 1. The van der Waals surface area contributed by atoms with Crippen LogP contribution in [0.25, 0.3) is 0 Å². The average Bonchev–Trinajstić information content (AvgIpc) is 2.67. The molecule has 0 bridgehead atoms. The van der Waals surface area contributed by atoms with E-state index < -0.39 is 5.66 Å². The van der Waals surface area contributed by atoms with Gasteiger partial charge in [-0.3, -0.25) is 14.6 Å². The number of amides is 2. The minimum Gasteiger partial charge on any atom is -0.337 e. The highest BCUT2D eigenvalue weighted by molar-refractivity contribution is 6.01. The van der Waals surface area contributed by atoms with Gasteiger partial charge in [0, 0.05) is 45.4 Å². The van der Waals surface area contributed by atoms with Crippen LogP contribution in [-0.4, -0.2) is 52.5 Å². The molecule has 1 saturated heterocycles. The molecule has 1 fully saturated rings. The van der Waals surface area contributed by atoms with E-state index in [9.17, 15) is 9.59 Å². The Balaban J connectivity index is 1.54. The van der Waals surface area contributed by atoms with Crippen LogP contribution in [-0.2, 0) is 0 Å². The standard InChI is InChI=1S/C18H19N5O2/c1-22-15-13(5-4-10-20-15)16(24)21-18(22)7-11-23(12-8-18)17(25)14-6-2-3-9-19-14/h2-6,9-10H,7-8,11-12H2,1H3,(H,21,24).